The molecule has 7 nitrogen and oxygen atoms in total. The fourth-order valence-corrected chi connectivity index (χ4v) is 8.71. The lowest BCUT2D eigenvalue weighted by Crippen LogP contribution is -2.54. The largest absolute Gasteiger partial charge is 0.478 e. The molecule has 2 aromatic carbocycles. The maximum absolute atomic E-state index is 15.0. The van der Waals surface area contributed by atoms with E-state index in [0.717, 1.165) is 30.2 Å². The summed E-state index contributed by atoms with van der Waals surface area (Å²) in [6.45, 7) is -0.210. The van der Waals surface area contributed by atoms with Crippen LogP contribution in [0.1, 0.15) is 71.1 Å². The molecule has 2 bridgehead atoms. The fraction of sp³-hybridized carbons (Fsp3) is 0.433. The molecule has 7 rings (SSSR count). The number of aliphatic hydroxyl groups is 1. The molecule has 0 radical (unpaired) electrons. The molecule has 0 saturated heterocycles. The maximum Gasteiger partial charge on any atom is 0.335 e. The Morgan fingerprint density at radius 3 is 2.42 bits per heavy atom. The van der Waals surface area contributed by atoms with E-state index >= 15 is 0 Å². The van der Waals surface area contributed by atoms with E-state index in [9.17, 15) is 28.2 Å². The Morgan fingerprint density at radius 1 is 1.14 bits per heavy atom. The van der Waals surface area contributed by atoms with Gasteiger partial charge in [-0.15, -0.1) is 11.3 Å². The highest BCUT2D eigenvalue weighted by Gasteiger charge is 2.63. The van der Waals surface area contributed by atoms with Crippen molar-refractivity contribution in [1.82, 2.24) is 10.1 Å². The van der Waals surface area contributed by atoms with Crippen LogP contribution in [0, 0.1) is 17.7 Å². The van der Waals surface area contributed by atoms with Gasteiger partial charge in [-0.3, -0.25) is 0 Å². The molecule has 2 N–H and O–H groups in total. The molecule has 2 atom stereocenters. The molecule has 2 unspecified atom stereocenters. The molecule has 13 heteroatoms. The molecule has 2 aromatic heterocycles. The number of benzene rings is 2. The molecule has 226 valence electrons. The third kappa shape index (κ3) is 4.66. The molecule has 43 heavy (non-hydrogen) atoms. The third-order valence-corrected chi connectivity index (χ3v) is 11.0. The van der Waals surface area contributed by atoms with E-state index in [1.54, 1.807) is 18.2 Å². The standard InChI is InChI=1S/C30H25Cl2F3N2O5S/c31-18-2-1-3-19(32)22(18)23-17(25(42-37-23)13-4-5-13)12-41-29(27(34)35)10-15-6-7-16(11-29)30(15,40)28-36-24-20(33)8-14(26(38)39)9-21(24)43-28/h1-3,8-9,13,15-16,27,40H,4-7,10-12H2,(H,38,39). The highest BCUT2D eigenvalue weighted by Crippen LogP contribution is 2.61. The molecular weight excluding hydrogens is 628 g/mol. The Morgan fingerprint density at radius 2 is 1.81 bits per heavy atom. The molecule has 0 amide bonds. The molecule has 3 aliphatic rings. The number of carboxylic acid groups (broad SMARTS) is 1. The summed E-state index contributed by atoms with van der Waals surface area (Å²) in [5.74, 6) is -2.69. The number of halogens is 5. The minimum absolute atomic E-state index is 0.0504. The van der Waals surface area contributed by atoms with Crippen molar-refractivity contribution in [3.63, 3.8) is 0 Å². The molecule has 3 fully saturated rings. The van der Waals surface area contributed by atoms with Gasteiger partial charge < -0.3 is 19.5 Å². The molecule has 4 aromatic rings. The van der Waals surface area contributed by atoms with E-state index in [2.05, 4.69) is 10.1 Å². The number of thiazole rings is 1. The van der Waals surface area contributed by atoms with Gasteiger partial charge in [-0.1, -0.05) is 34.4 Å². The molecule has 3 aliphatic carbocycles. The van der Waals surface area contributed by atoms with Crippen molar-refractivity contribution in [2.75, 3.05) is 0 Å². The number of alkyl halides is 2. The average molecular weight is 654 g/mol. The van der Waals surface area contributed by atoms with E-state index in [1.807, 2.05) is 0 Å². The van der Waals surface area contributed by atoms with Crippen molar-refractivity contribution >= 4 is 50.7 Å². The van der Waals surface area contributed by atoms with Gasteiger partial charge in [-0.2, -0.15) is 0 Å². The van der Waals surface area contributed by atoms with Crippen LogP contribution in [0.5, 0.6) is 0 Å². The van der Waals surface area contributed by atoms with Gasteiger partial charge >= 0.3 is 5.97 Å². The van der Waals surface area contributed by atoms with Crippen LogP contribution in [0.2, 0.25) is 10.0 Å². The van der Waals surface area contributed by atoms with Gasteiger partial charge in [0.05, 0.1) is 26.9 Å². The predicted octanol–water partition coefficient (Wildman–Crippen LogP) is 8.20. The van der Waals surface area contributed by atoms with Crippen molar-refractivity contribution in [3.8, 4) is 11.3 Å². The van der Waals surface area contributed by atoms with Gasteiger partial charge in [0.25, 0.3) is 6.43 Å². The number of nitrogens with zero attached hydrogens (tertiary/aromatic N) is 2. The SMILES string of the molecule is O=C(O)c1cc(F)c2nc(C3(O)C4CCC3CC(OCc3c(-c5c(Cl)cccc5Cl)noc3C3CC3)(C(F)F)C4)sc2c1. The first kappa shape index (κ1) is 29.0. The second-order valence-electron chi connectivity index (χ2n) is 11.7. The maximum atomic E-state index is 15.0. The number of fused-ring (bicyclic) bond motifs is 3. The molecule has 0 spiro atoms. The Balaban J connectivity index is 1.21. The van der Waals surface area contributed by atoms with Crippen molar-refractivity contribution in [2.45, 2.75) is 68.7 Å². The zero-order valence-corrected chi connectivity index (χ0v) is 24.8. The first-order valence-corrected chi connectivity index (χ1v) is 15.5. The van der Waals surface area contributed by atoms with Gasteiger partial charge in [0, 0.05) is 17.0 Å². The molecular formula is C30H25Cl2F3N2O5S. The zero-order valence-electron chi connectivity index (χ0n) is 22.5. The van der Waals surface area contributed by atoms with Gasteiger partial charge in [0.15, 0.2) is 5.82 Å². The highest BCUT2D eigenvalue weighted by atomic mass is 35.5. The topological polar surface area (TPSA) is 106 Å². The number of ether oxygens (including phenoxy) is 1. The van der Waals surface area contributed by atoms with Crippen LogP contribution >= 0.6 is 34.5 Å². The van der Waals surface area contributed by atoms with Gasteiger partial charge in [0.1, 0.15) is 33.2 Å². The smallest absolute Gasteiger partial charge is 0.335 e. The lowest BCUT2D eigenvalue weighted by molar-refractivity contribution is -0.215. The highest BCUT2D eigenvalue weighted by molar-refractivity contribution is 7.18. The number of aromatic carboxylic acids is 1. The fourth-order valence-electron chi connectivity index (χ4n) is 6.86. The third-order valence-electron chi connectivity index (χ3n) is 9.20. The van der Waals surface area contributed by atoms with Crippen molar-refractivity contribution in [1.29, 1.82) is 0 Å². The van der Waals surface area contributed by atoms with Crippen LogP contribution in [0.25, 0.3) is 21.5 Å². The van der Waals surface area contributed by atoms with E-state index in [0.29, 0.717) is 45.5 Å². The van der Waals surface area contributed by atoms with Crippen molar-refractivity contribution in [2.24, 2.45) is 11.8 Å². The quantitative estimate of drug-likeness (QED) is 0.198. The summed E-state index contributed by atoms with van der Waals surface area (Å²) < 4.78 is 56.8. The Bertz CT molecular complexity index is 1720. The van der Waals surface area contributed by atoms with Gasteiger partial charge in [-0.25, -0.2) is 22.9 Å². The lowest BCUT2D eigenvalue weighted by atomic mass is 9.68. The lowest BCUT2D eigenvalue weighted by Gasteiger charge is -2.47. The van der Waals surface area contributed by atoms with E-state index < -0.39 is 41.2 Å². The second-order valence-corrected chi connectivity index (χ2v) is 13.6. The van der Waals surface area contributed by atoms with Crippen LogP contribution in [0.4, 0.5) is 13.2 Å². The summed E-state index contributed by atoms with van der Waals surface area (Å²) in [6.07, 6.45) is -0.483. The van der Waals surface area contributed by atoms with Crippen LogP contribution in [0.3, 0.4) is 0 Å². The monoisotopic (exact) mass is 652 g/mol. The Labute approximate surface area is 257 Å². The number of aromatic nitrogens is 2. The zero-order chi connectivity index (χ0) is 30.3. The number of hydrogen-bond acceptors (Lipinski definition) is 7. The van der Waals surface area contributed by atoms with Crippen LogP contribution in [0.15, 0.2) is 34.9 Å². The number of hydrogen-bond donors (Lipinski definition) is 2. The predicted molar refractivity (Wildman–Crippen MR) is 153 cm³/mol. The van der Waals surface area contributed by atoms with E-state index in [4.69, 9.17) is 32.5 Å². The summed E-state index contributed by atoms with van der Waals surface area (Å²) in [7, 11) is 0. The first-order chi connectivity index (χ1) is 20.5. The summed E-state index contributed by atoms with van der Waals surface area (Å²) >= 11 is 13.9. The van der Waals surface area contributed by atoms with E-state index in [-0.39, 0.29) is 46.2 Å². The summed E-state index contributed by atoms with van der Waals surface area (Å²) in [6, 6.07) is 7.21. The summed E-state index contributed by atoms with van der Waals surface area (Å²) in [5, 5.41) is 26.4. The molecule has 2 heterocycles. The van der Waals surface area contributed by atoms with Crippen molar-refractivity contribution < 1.29 is 37.4 Å². The normalized spacial score (nSPS) is 27.0. The minimum Gasteiger partial charge on any atom is -0.478 e. The molecule has 0 aliphatic heterocycles. The van der Waals surface area contributed by atoms with Gasteiger partial charge in [0.2, 0.25) is 0 Å². The summed E-state index contributed by atoms with van der Waals surface area (Å²) in [4.78, 5) is 15.8. The Kier molecular flexibility index (Phi) is 7.05. The number of carboxylic acids is 1. The minimum atomic E-state index is -2.86. The average Bonchev–Trinajstić information content (AvgIpc) is 3.53. The molecule has 3 saturated carbocycles. The van der Waals surface area contributed by atoms with Crippen LogP contribution in [-0.4, -0.2) is 38.3 Å². The van der Waals surface area contributed by atoms with E-state index in [1.165, 1.54) is 6.07 Å². The van der Waals surface area contributed by atoms with Crippen LogP contribution < -0.4 is 0 Å². The Hall–Kier alpha value is -2.70. The van der Waals surface area contributed by atoms with Gasteiger partial charge in [-0.05, 0) is 74.6 Å². The van der Waals surface area contributed by atoms with Crippen LogP contribution in [-0.2, 0) is 16.9 Å². The number of carbonyl (C=O) groups is 1. The summed E-state index contributed by atoms with van der Waals surface area (Å²) in [5.41, 5.74) is -2.40. The first-order valence-electron chi connectivity index (χ1n) is 13.9. The number of rotatable bonds is 8. The van der Waals surface area contributed by atoms with Crippen molar-refractivity contribution in [3.05, 3.63) is 68.1 Å². The second kappa shape index (κ2) is 10.4.